The number of nitrogens with zero attached hydrogens (tertiary/aromatic N) is 1. The average molecular weight is 210 g/mol. The second kappa shape index (κ2) is 4.57. The van der Waals surface area contributed by atoms with Crippen LogP contribution in [0.25, 0.3) is 0 Å². The summed E-state index contributed by atoms with van der Waals surface area (Å²) in [6.07, 6.45) is 0. The topological polar surface area (TPSA) is 63.9 Å². The number of aliphatic hydroxyl groups is 3. The Bertz CT molecular complexity index is 151. The number of hydrogen-bond acceptors (Lipinski definition) is 4. The van der Waals surface area contributed by atoms with Gasteiger partial charge in [0.25, 0.3) is 0 Å². The monoisotopic (exact) mass is 209 g/mol. The molecule has 0 radical (unpaired) electrons. The van der Waals surface area contributed by atoms with Crippen LogP contribution in [0, 0.1) is 5.41 Å². The fourth-order valence-corrected chi connectivity index (χ4v) is 1.84. The molecular formula is C8H16ClNO3. The van der Waals surface area contributed by atoms with Gasteiger partial charge in [0.15, 0.2) is 0 Å². The lowest BCUT2D eigenvalue weighted by molar-refractivity contribution is -0.0730. The molecule has 5 heteroatoms. The van der Waals surface area contributed by atoms with E-state index in [0.29, 0.717) is 19.0 Å². The van der Waals surface area contributed by atoms with Crippen LogP contribution in [0.5, 0.6) is 0 Å². The maximum absolute atomic E-state index is 9.05. The van der Waals surface area contributed by atoms with E-state index in [1.807, 2.05) is 4.90 Å². The Labute approximate surface area is 82.7 Å². The van der Waals surface area contributed by atoms with Gasteiger partial charge in [-0.25, -0.2) is 0 Å². The minimum atomic E-state index is -0.218. The van der Waals surface area contributed by atoms with Crippen LogP contribution in [0.1, 0.15) is 0 Å². The first kappa shape index (κ1) is 11.2. The van der Waals surface area contributed by atoms with Gasteiger partial charge < -0.3 is 15.3 Å². The Morgan fingerprint density at radius 3 is 2.08 bits per heavy atom. The molecule has 1 fully saturated rings. The summed E-state index contributed by atoms with van der Waals surface area (Å²) in [6, 6.07) is -0.206. The minimum Gasteiger partial charge on any atom is -0.396 e. The van der Waals surface area contributed by atoms with E-state index in [2.05, 4.69) is 0 Å². The first-order valence-corrected chi connectivity index (χ1v) is 4.87. The third-order valence-electron chi connectivity index (χ3n) is 2.63. The van der Waals surface area contributed by atoms with Crippen molar-refractivity contribution in [1.29, 1.82) is 0 Å². The molecule has 0 spiro atoms. The van der Waals surface area contributed by atoms with Crippen molar-refractivity contribution >= 4 is 11.6 Å². The lowest BCUT2D eigenvalue weighted by Crippen LogP contribution is -2.63. The Balaban J connectivity index is 2.38. The summed E-state index contributed by atoms with van der Waals surface area (Å²) < 4.78 is 0. The fourth-order valence-electron chi connectivity index (χ4n) is 1.59. The first-order valence-electron chi connectivity index (χ1n) is 4.34. The predicted molar refractivity (Wildman–Crippen MR) is 49.8 cm³/mol. The second-order valence-corrected chi connectivity index (χ2v) is 3.98. The maximum Gasteiger partial charge on any atom is 0.0609 e. The molecule has 0 aromatic rings. The molecule has 1 rings (SSSR count). The zero-order valence-electron chi connectivity index (χ0n) is 7.49. The van der Waals surface area contributed by atoms with Crippen LogP contribution < -0.4 is 0 Å². The van der Waals surface area contributed by atoms with E-state index in [0.717, 1.165) is 0 Å². The zero-order chi connectivity index (χ0) is 9.90. The number of alkyl halides is 1. The van der Waals surface area contributed by atoms with E-state index in [1.165, 1.54) is 0 Å². The van der Waals surface area contributed by atoms with Gasteiger partial charge >= 0.3 is 0 Å². The molecule has 13 heavy (non-hydrogen) atoms. The standard InChI is InChI=1S/C8H16ClNO3/c9-3-8(6-13)4-10(5-8)7(1-11)2-12/h7,11-13H,1-6H2. The Morgan fingerprint density at radius 2 is 1.77 bits per heavy atom. The predicted octanol–water partition coefficient (Wildman–Crippen LogP) is -1.13. The molecule has 0 unspecified atom stereocenters. The van der Waals surface area contributed by atoms with Crippen LogP contribution in [0.4, 0.5) is 0 Å². The Morgan fingerprint density at radius 1 is 1.23 bits per heavy atom. The van der Waals surface area contributed by atoms with Gasteiger partial charge in [-0.1, -0.05) is 0 Å². The number of likely N-dealkylation sites (tertiary alicyclic amines) is 1. The van der Waals surface area contributed by atoms with E-state index in [4.69, 9.17) is 26.9 Å². The van der Waals surface area contributed by atoms with Crippen molar-refractivity contribution in [2.45, 2.75) is 6.04 Å². The SMILES string of the molecule is OCC(CO)N1CC(CO)(CCl)C1. The molecule has 78 valence electrons. The Kier molecular flexibility index (Phi) is 3.94. The molecule has 1 aliphatic rings. The Hall–Kier alpha value is 0.130. The van der Waals surface area contributed by atoms with Crippen molar-refractivity contribution in [3.8, 4) is 0 Å². The van der Waals surface area contributed by atoms with E-state index >= 15 is 0 Å². The largest absolute Gasteiger partial charge is 0.396 e. The summed E-state index contributed by atoms with van der Waals surface area (Å²) in [5.74, 6) is 0.420. The fraction of sp³-hybridized carbons (Fsp3) is 1.00. The zero-order valence-corrected chi connectivity index (χ0v) is 8.24. The van der Waals surface area contributed by atoms with Gasteiger partial charge in [0.1, 0.15) is 0 Å². The van der Waals surface area contributed by atoms with Gasteiger partial charge in [0.2, 0.25) is 0 Å². The lowest BCUT2D eigenvalue weighted by atomic mass is 9.81. The summed E-state index contributed by atoms with van der Waals surface area (Å²) in [5, 5.41) is 26.8. The summed E-state index contributed by atoms with van der Waals surface area (Å²) in [6.45, 7) is 1.26. The van der Waals surface area contributed by atoms with Crippen LogP contribution in [0.3, 0.4) is 0 Å². The summed E-state index contributed by atoms with van der Waals surface area (Å²) >= 11 is 5.70. The molecule has 1 saturated heterocycles. The molecule has 0 amide bonds. The third-order valence-corrected chi connectivity index (χ3v) is 3.20. The summed E-state index contributed by atoms with van der Waals surface area (Å²) in [4.78, 5) is 1.93. The molecule has 0 aliphatic carbocycles. The van der Waals surface area contributed by atoms with Crippen LogP contribution in [0.2, 0.25) is 0 Å². The summed E-state index contributed by atoms with van der Waals surface area (Å²) in [5.41, 5.74) is -0.218. The number of aliphatic hydroxyl groups excluding tert-OH is 3. The molecule has 0 saturated carbocycles. The molecule has 0 bridgehead atoms. The molecule has 4 nitrogen and oxygen atoms in total. The second-order valence-electron chi connectivity index (χ2n) is 3.72. The van der Waals surface area contributed by atoms with Crippen molar-refractivity contribution in [1.82, 2.24) is 4.90 Å². The van der Waals surface area contributed by atoms with Crippen LogP contribution in [-0.4, -0.2) is 65.1 Å². The quantitative estimate of drug-likeness (QED) is 0.502. The van der Waals surface area contributed by atoms with E-state index in [1.54, 1.807) is 0 Å². The maximum atomic E-state index is 9.05. The van der Waals surface area contributed by atoms with Gasteiger partial charge in [-0.2, -0.15) is 0 Å². The van der Waals surface area contributed by atoms with Crippen LogP contribution >= 0.6 is 11.6 Å². The highest BCUT2D eigenvalue weighted by atomic mass is 35.5. The van der Waals surface area contributed by atoms with Gasteiger partial charge in [0.05, 0.1) is 25.9 Å². The van der Waals surface area contributed by atoms with E-state index in [-0.39, 0.29) is 31.3 Å². The number of halogens is 1. The van der Waals surface area contributed by atoms with Crippen molar-refractivity contribution in [3.05, 3.63) is 0 Å². The molecule has 0 aromatic carbocycles. The highest BCUT2D eigenvalue weighted by molar-refractivity contribution is 6.18. The smallest absolute Gasteiger partial charge is 0.0609 e. The molecule has 3 N–H and O–H groups in total. The van der Waals surface area contributed by atoms with Crippen molar-refractivity contribution < 1.29 is 15.3 Å². The first-order chi connectivity index (χ1) is 6.21. The van der Waals surface area contributed by atoms with Crippen LogP contribution in [-0.2, 0) is 0 Å². The van der Waals surface area contributed by atoms with Crippen molar-refractivity contribution in [2.75, 3.05) is 38.8 Å². The third kappa shape index (κ3) is 2.14. The van der Waals surface area contributed by atoms with Crippen molar-refractivity contribution in [2.24, 2.45) is 5.41 Å². The molecule has 1 aliphatic heterocycles. The van der Waals surface area contributed by atoms with E-state index in [9.17, 15) is 0 Å². The van der Waals surface area contributed by atoms with Gasteiger partial charge in [-0.3, -0.25) is 4.90 Å². The summed E-state index contributed by atoms with van der Waals surface area (Å²) in [7, 11) is 0. The highest BCUT2D eigenvalue weighted by Crippen LogP contribution is 2.32. The lowest BCUT2D eigenvalue weighted by Gasteiger charge is -2.51. The van der Waals surface area contributed by atoms with Gasteiger partial charge in [-0.05, 0) is 0 Å². The van der Waals surface area contributed by atoms with Crippen molar-refractivity contribution in [3.63, 3.8) is 0 Å². The van der Waals surface area contributed by atoms with E-state index < -0.39 is 0 Å². The minimum absolute atomic E-state index is 0.0553. The average Bonchev–Trinajstić information content (AvgIpc) is 2.11. The normalized spacial score (nSPS) is 21.9. The molecular weight excluding hydrogens is 194 g/mol. The number of rotatable bonds is 5. The molecule has 0 aromatic heterocycles. The van der Waals surface area contributed by atoms with Crippen LogP contribution in [0.15, 0.2) is 0 Å². The van der Waals surface area contributed by atoms with Gasteiger partial charge in [0, 0.05) is 24.4 Å². The van der Waals surface area contributed by atoms with Gasteiger partial charge in [-0.15, -0.1) is 11.6 Å². The molecule has 0 atom stereocenters. The number of hydrogen-bond donors (Lipinski definition) is 3. The molecule has 1 heterocycles. The highest BCUT2D eigenvalue weighted by Gasteiger charge is 2.44.